The molecule has 1 aliphatic rings. The Morgan fingerprint density at radius 2 is 2.18 bits per heavy atom. The van der Waals surface area contributed by atoms with Crippen molar-refractivity contribution in [2.24, 2.45) is 0 Å². The van der Waals surface area contributed by atoms with E-state index < -0.39 is 11.9 Å². The smallest absolute Gasteiger partial charge is 0.433 e. The Balaban J connectivity index is 2.22. The van der Waals surface area contributed by atoms with Crippen LogP contribution in [0.1, 0.15) is 11.3 Å². The molecule has 0 saturated carbocycles. The Morgan fingerprint density at radius 3 is 2.65 bits per heavy atom. The Bertz CT molecular complexity index is 390. The summed E-state index contributed by atoms with van der Waals surface area (Å²) in [6, 6.07) is 0. The Labute approximate surface area is 104 Å². The maximum atomic E-state index is 12.7. The zero-order valence-electron chi connectivity index (χ0n) is 8.68. The minimum atomic E-state index is -4.44. The van der Waals surface area contributed by atoms with Gasteiger partial charge in [-0.15, -0.1) is 5.10 Å². The Morgan fingerprint density at radius 1 is 1.47 bits per heavy atom. The largest absolute Gasteiger partial charge is 0.468 e. The van der Waals surface area contributed by atoms with Gasteiger partial charge in [0.1, 0.15) is 11.8 Å². The molecule has 0 amide bonds. The zero-order valence-corrected chi connectivity index (χ0v) is 10.3. The number of H-pyrrole nitrogens is 1. The van der Waals surface area contributed by atoms with E-state index in [2.05, 4.69) is 21.0 Å². The summed E-state index contributed by atoms with van der Waals surface area (Å²) in [5.41, 5.74) is -0.784. The summed E-state index contributed by atoms with van der Waals surface area (Å²) in [5.74, 6) is 0.0186. The van der Waals surface area contributed by atoms with Gasteiger partial charge in [-0.3, -0.25) is 5.10 Å². The van der Waals surface area contributed by atoms with E-state index in [1.807, 2.05) is 5.10 Å². The molecule has 1 N–H and O–H groups in total. The molecule has 0 aliphatic carbocycles. The van der Waals surface area contributed by atoms with Crippen LogP contribution in [0.15, 0.2) is 0 Å². The van der Waals surface area contributed by atoms with E-state index in [0.29, 0.717) is 18.5 Å². The number of hydrogen-bond donors (Lipinski definition) is 1. The van der Waals surface area contributed by atoms with Gasteiger partial charge in [0.05, 0.1) is 13.2 Å². The van der Waals surface area contributed by atoms with E-state index in [4.69, 9.17) is 9.47 Å². The number of aromatic nitrogens is 2. The van der Waals surface area contributed by atoms with Gasteiger partial charge < -0.3 is 9.47 Å². The lowest BCUT2D eigenvalue weighted by atomic mass is 10.2. The molecule has 2 rings (SSSR count). The molecule has 1 fully saturated rings. The van der Waals surface area contributed by atoms with Crippen LogP contribution in [0.5, 0.6) is 5.88 Å². The van der Waals surface area contributed by atoms with Crippen molar-refractivity contribution in [1.29, 1.82) is 0 Å². The van der Waals surface area contributed by atoms with Crippen LogP contribution >= 0.6 is 15.9 Å². The fourth-order valence-corrected chi connectivity index (χ4v) is 1.84. The van der Waals surface area contributed by atoms with Crippen molar-refractivity contribution in [3.8, 4) is 5.88 Å². The highest BCUT2D eigenvalue weighted by atomic mass is 79.9. The van der Waals surface area contributed by atoms with Crippen LogP contribution < -0.4 is 4.74 Å². The molecular weight excluding hydrogens is 305 g/mol. The third kappa shape index (κ3) is 2.74. The van der Waals surface area contributed by atoms with Crippen molar-refractivity contribution in [1.82, 2.24) is 10.2 Å². The topological polar surface area (TPSA) is 47.1 Å². The van der Waals surface area contributed by atoms with Crippen LogP contribution in [0.25, 0.3) is 0 Å². The molecular formula is C9H10BrF3N2O2. The van der Waals surface area contributed by atoms with E-state index in [1.54, 1.807) is 0 Å². The van der Waals surface area contributed by atoms with Crippen molar-refractivity contribution >= 4 is 15.9 Å². The molecule has 1 aliphatic heterocycles. The Kier molecular flexibility index (Phi) is 3.62. The van der Waals surface area contributed by atoms with Crippen LogP contribution in [0.3, 0.4) is 0 Å². The molecule has 17 heavy (non-hydrogen) atoms. The highest BCUT2D eigenvalue weighted by Gasteiger charge is 2.38. The molecule has 8 heteroatoms. The number of nitrogens with zero attached hydrogens (tertiary/aromatic N) is 1. The maximum Gasteiger partial charge on any atom is 0.433 e. The summed E-state index contributed by atoms with van der Waals surface area (Å²) in [6.07, 6.45) is -4.44. The number of rotatable bonds is 4. The normalized spacial score (nSPS) is 16.9. The number of aromatic amines is 1. The average Bonchev–Trinajstić information content (AvgIpc) is 2.55. The van der Waals surface area contributed by atoms with Gasteiger partial charge in [-0.1, -0.05) is 15.9 Å². The summed E-state index contributed by atoms with van der Waals surface area (Å²) in [5, 5.41) is 5.98. The summed E-state index contributed by atoms with van der Waals surface area (Å²) in [6.45, 7) is 0.782. The summed E-state index contributed by atoms with van der Waals surface area (Å²) < 4.78 is 48.2. The maximum absolute atomic E-state index is 12.7. The van der Waals surface area contributed by atoms with E-state index in [-0.39, 0.29) is 24.0 Å². The first-order valence-corrected chi connectivity index (χ1v) is 6.09. The molecule has 1 saturated heterocycles. The van der Waals surface area contributed by atoms with E-state index >= 15 is 0 Å². The number of halogens is 4. The van der Waals surface area contributed by atoms with Gasteiger partial charge in [-0.25, -0.2) is 0 Å². The van der Waals surface area contributed by atoms with Gasteiger partial charge in [-0.2, -0.15) is 13.2 Å². The van der Waals surface area contributed by atoms with Crippen LogP contribution in [0, 0.1) is 0 Å². The SMILES string of the molecule is FC(F)(F)c1[nH]nc(OC2COC2)c1CCBr. The third-order valence-electron chi connectivity index (χ3n) is 2.34. The van der Waals surface area contributed by atoms with Gasteiger partial charge in [0.2, 0.25) is 5.88 Å². The number of nitrogens with one attached hydrogen (secondary N) is 1. The second-order valence-electron chi connectivity index (χ2n) is 3.60. The number of alkyl halides is 4. The summed E-state index contributed by atoms with van der Waals surface area (Å²) in [7, 11) is 0. The summed E-state index contributed by atoms with van der Waals surface area (Å²) >= 11 is 3.11. The first kappa shape index (κ1) is 12.7. The molecule has 0 unspecified atom stereocenters. The van der Waals surface area contributed by atoms with Gasteiger partial charge in [0.25, 0.3) is 0 Å². The van der Waals surface area contributed by atoms with E-state index in [9.17, 15) is 13.2 Å². The number of ether oxygens (including phenoxy) is 2. The lowest BCUT2D eigenvalue weighted by Crippen LogP contribution is -2.38. The molecule has 2 heterocycles. The van der Waals surface area contributed by atoms with Crippen molar-refractivity contribution in [2.75, 3.05) is 18.5 Å². The van der Waals surface area contributed by atoms with Gasteiger partial charge in [0, 0.05) is 10.9 Å². The Hall–Kier alpha value is -0.760. The highest BCUT2D eigenvalue weighted by Crippen LogP contribution is 2.35. The fraction of sp³-hybridized carbons (Fsp3) is 0.667. The van der Waals surface area contributed by atoms with Crippen molar-refractivity contribution in [3.63, 3.8) is 0 Å². The molecule has 0 aromatic carbocycles. The van der Waals surface area contributed by atoms with Crippen molar-refractivity contribution in [2.45, 2.75) is 18.7 Å². The van der Waals surface area contributed by atoms with E-state index in [1.165, 1.54) is 0 Å². The second-order valence-corrected chi connectivity index (χ2v) is 4.39. The molecule has 1 aromatic rings. The molecule has 0 spiro atoms. The molecule has 0 radical (unpaired) electrons. The monoisotopic (exact) mass is 314 g/mol. The minimum absolute atomic E-state index is 0.0186. The van der Waals surface area contributed by atoms with E-state index in [0.717, 1.165) is 0 Å². The first-order chi connectivity index (χ1) is 8.02. The quantitative estimate of drug-likeness (QED) is 0.866. The molecule has 4 nitrogen and oxygen atoms in total. The fourth-order valence-electron chi connectivity index (χ4n) is 1.45. The zero-order chi connectivity index (χ0) is 12.5. The molecule has 0 bridgehead atoms. The standard InChI is InChI=1S/C9H10BrF3N2O2/c10-2-1-6-7(9(11,12)13)14-15-8(6)17-5-3-16-4-5/h5H,1-4H2,(H,14,15). The molecule has 0 atom stereocenters. The second kappa shape index (κ2) is 4.85. The lowest BCUT2D eigenvalue weighted by Gasteiger charge is -2.26. The average molecular weight is 315 g/mol. The van der Waals surface area contributed by atoms with Gasteiger partial charge in [-0.05, 0) is 6.42 Å². The van der Waals surface area contributed by atoms with Crippen LogP contribution in [0.4, 0.5) is 13.2 Å². The highest BCUT2D eigenvalue weighted by molar-refractivity contribution is 9.09. The summed E-state index contributed by atoms with van der Waals surface area (Å²) in [4.78, 5) is 0. The van der Waals surface area contributed by atoms with Crippen LogP contribution in [-0.2, 0) is 17.3 Å². The minimum Gasteiger partial charge on any atom is -0.468 e. The first-order valence-electron chi connectivity index (χ1n) is 4.97. The van der Waals surface area contributed by atoms with Gasteiger partial charge in [0.15, 0.2) is 0 Å². The third-order valence-corrected chi connectivity index (χ3v) is 2.74. The number of hydrogen-bond acceptors (Lipinski definition) is 3. The molecule has 1 aromatic heterocycles. The lowest BCUT2D eigenvalue weighted by molar-refractivity contribution is -0.141. The van der Waals surface area contributed by atoms with Crippen LogP contribution in [0.2, 0.25) is 0 Å². The predicted octanol–water partition coefficient (Wildman–Crippen LogP) is 2.14. The predicted molar refractivity (Wildman–Crippen MR) is 56.3 cm³/mol. The molecule has 96 valence electrons. The van der Waals surface area contributed by atoms with Crippen molar-refractivity contribution in [3.05, 3.63) is 11.3 Å². The van der Waals surface area contributed by atoms with Crippen LogP contribution in [-0.4, -0.2) is 34.8 Å². The van der Waals surface area contributed by atoms with Crippen molar-refractivity contribution < 1.29 is 22.6 Å². The van der Waals surface area contributed by atoms with Gasteiger partial charge >= 0.3 is 6.18 Å².